The van der Waals surface area contributed by atoms with Crippen LogP contribution in [0, 0.1) is 0 Å². The molecule has 0 amide bonds. The first-order valence-electron chi connectivity index (χ1n) is 11.4. The average molecular weight is 431 g/mol. The molecule has 0 saturated carbocycles. The molecule has 0 aliphatic carbocycles. The molecule has 4 aromatic rings. The van der Waals surface area contributed by atoms with Gasteiger partial charge in [-0.05, 0) is 48.7 Å². The topological polar surface area (TPSA) is 66.2 Å². The minimum Gasteiger partial charge on any atom is -0.493 e. The molecule has 0 radical (unpaired) electrons. The van der Waals surface area contributed by atoms with Gasteiger partial charge >= 0.3 is 0 Å². The number of nitrogens with zero attached hydrogens (tertiary/aromatic N) is 2. The van der Waals surface area contributed by atoms with E-state index in [2.05, 4.69) is 62.4 Å². The molecule has 6 nitrogen and oxygen atoms in total. The summed E-state index contributed by atoms with van der Waals surface area (Å²) in [6, 6.07) is 14.7. The molecule has 5 rings (SSSR count). The van der Waals surface area contributed by atoms with Gasteiger partial charge in [-0.15, -0.1) is 0 Å². The number of hydrogen-bond donors (Lipinski definition) is 2. The predicted molar refractivity (Wildman–Crippen MR) is 126 cm³/mol. The molecule has 1 atom stereocenters. The predicted octanol–water partition coefficient (Wildman–Crippen LogP) is 4.90. The fourth-order valence-corrected chi connectivity index (χ4v) is 4.72. The van der Waals surface area contributed by atoms with Crippen LogP contribution < -0.4 is 9.47 Å². The summed E-state index contributed by atoms with van der Waals surface area (Å²) in [5.74, 6) is 3.17. The van der Waals surface area contributed by atoms with Gasteiger partial charge in [-0.2, -0.15) is 0 Å². The van der Waals surface area contributed by atoms with Gasteiger partial charge in [0.1, 0.15) is 5.82 Å². The van der Waals surface area contributed by atoms with E-state index in [1.54, 1.807) is 7.11 Å². The Bertz CT molecular complexity index is 1150. The molecule has 0 bridgehead atoms. The van der Waals surface area contributed by atoms with Crippen molar-refractivity contribution >= 4 is 10.9 Å². The summed E-state index contributed by atoms with van der Waals surface area (Å²) < 4.78 is 11.7. The number of piperidine rings is 1. The highest BCUT2D eigenvalue weighted by Gasteiger charge is 2.23. The van der Waals surface area contributed by atoms with E-state index >= 15 is 0 Å². The molecule has 3 heterocycles. The van der Waals surface area contributed by atoms with E-state index in [4.69, 9.17) is 9.47 Å². The van der Waals surface area contributed by atoms with Gasteiger partial charge < -0.3 is 19.4 Å². The van der Waals surface area contributed by atoms with E-state index < -0.39 is 0 Å². The van der Waals surface area contributed by atoms with Crippen molar-refractivity contribution in [1.29, 1.82) is 0 Å². The van der Waals surface area contributed by atoms with Crippen LogP contribution in [0.25, 0.3) is 10.9 Å². The highest BCUT2D eigenvalue weighted by atomic mass is 16.5. The van der Waals surface area contributed by atoms with Crippen molar-refractivity contribution < 1.29 is 9.47 Å². The van der Waals surface area contributed by atoms with Crippen molar-refractivity contribution in [2.75, 3.05) is 26.8 Å². The Hall–Kier alpha value is -3.25. The lowest BCUT2D eigenvalue weighted by Crippen LogP contribution is -2.34. The fourth-order valence-electron chi connectivity index (χ4n) is 4.72. The lowest BCUT2D eigenvalue weighted by molar-refractivity contribution is 0.196. The largest absolute Gasteiger partial charge is 0.493 e. The van der Waals surface area contributed by atoms with Crippen LogP contribution in [0.2, 0.25) is 0 Å². The van der Waals surface area contributed by atoms with E-state index in [1.165, 1.54) is 29.4 Å². The minimum absolute atomic E-state index is 0.476. The maximum Gasteiger partial charge on any atom is 0.161 e. The van der Waals surface area contributed by atoms with E-state index in [1.807, 2.05) is 18.5 Å². The van der Waals surface area contributed by atoms with Crippen LogP contribution in [0.3, 0.4) is 0 Å². The molecule has 1 aliphatic heterocycles. The van der Waals surface area contributed by atoms with Crippen LogP contribution >= 0.6 is 0 Å². The lowest BCUT2D eigenvalue weighted by Gasteiger charge is -2.32. The molecule has 1 fully saturated rings. The van der Waals surface area contributed by atoms with Crippen LogP contribution in [0.5, 0.6) is 11.5 Å². The van der Waals surface area contributed by atoms with Crippen LogP contribution in [-0.2, 0) is 13.0 Å². The fraction of sp³-hybridized carbons (Fsp3) is 0.346. The van der Waals surface area contributed by atoms with E-state index in [-0.39, 0.29) is 0 Å². The molecule has 1 saturated heterocycles. The number of benzene rings is 2. The Morgan fingerprint density at radius 1 is 1.12 bits per heavy atom. The molecule has 2 aromatic carbocycles. The first-order chi connectivity index (χ1) is 15.8. The summed E-state index contributed by atoms with van der Waals surface area (Å²) in [5.41, 5.74) is 3.68. The van der Waals surface area contributed by atoms with E-state index in [0.29, 0.717) is 12.5 Å². The lowest BCUT2D eigenvalue weighted by atomic mass is 9.97. The number of ether oxygens (including phenoxy) is 2. The first kappa shape index (κ1) is 20.6. The number of likely N-dealkylation sites (tertiary alicyclic amines) is 1. The second-order valence-corrected chi connectivity index (χ2v) is 8.49. The smallest absolute Gasteiger partial charge is 0.161 e. The Morgan fingerprint density at radius 2 is 2.06 bits per heavy atom. The molecular formula is C26H30N4O2. The quantitative estimate of drug-likeness (QED) is 0.417. The maximum atomic E-state index is 6.19. The molecule has 6 heteroatoms. The van der Waals surface area contributed by atoms with Gasteiger partial charge in [0, 0.05) is 54.9 Å². The van der Waals surface area contributed by atoms with Crippen molar-refractivity contribution in [3.8, 4) is 11.5 Å². The summed E-state index contributed by atoms with van der Waals surface area (Å²) in [6.07, 6.45) is 9.06. The van der Waals surface area contributed by atoms with E-state index in [9.17, 15) is 0 Å². The second-order valence-electron chi connectivity index (χ2n) is 8.49. The van der Waals surface area contributed by atoms with Crippen molar-refractivity contribution in [3.05, 3.63) is 78.0 Å². The Balaban J connectivity index is 1.23. The molecule has 2 aromatic heterocycles. The molecule has 166 valence electrons. The number of methoxy groups -OCH3 is 1. The number of imidazole rings is 1. The summed E-state index contributed by atoms with van der Waals surface area (Å²) in [5, 5.41) is 1.26. The molecule has 2 N–H and O–H groups in total. The zero-order valence-electron chi connectivity index (χ0n) is 18.5. The standard InChI is InChI=1S/C26H30N4O2/c1-31-24-9-8-19(17-30-13-4-5-21(18-30)26-27-11-12-28-26)15-25(24)32-14-10-20-16-29-23-7-3-2-6-22(20)23/h2-3,6-9,11-12,15-16,21,29H,4-5,10,13-14,17-18H2,1H3,(H,27,28). The Kier molecular flexibility index (Phi) is 6.12. The summed E-state index contributed by atoms with van der Waals surface area (Å²) in [7, 11) is 1.69. The van der Waals surface area contributed by atoms with Gasteiger partial charge in [0.2, 0.25) is 0 Å². The molecular weight excluding hydrogens is 400 g/mol. The van der Waals surface area contributed by atoms with Crippen molar-refractivity contribution in [2.45, 2.75) is 31.7 Å². The first-order valence-corrected chi connectivity index (χ1v) is 11.4. The molecule has 32 heavy (non-hydrogen) atoms. The zero-order chi connectivity index (χ0) is 21.8. The van der Waals surface area contributed by atoms with Crippen molar-refractivity contribution in [1.82, 2.24) is 19.9 Å². The maximum absolute atomic E-state index is 6.19. The van der Waals surface area contributed by atoms with Crippen LogP contribution in [0.15, 0.2) is 61.1 Å². The van der Waals surface area contributed by atoms with Crippen LogP contribution in [0.1, 0.15) is 35.7 Å². The van der Waals surface area contributed by atoms with Crippen molar-refractivity contribution in [3.63, 3.8) is 0 Å². The number of aromatic nitrogens is 3. The molecule has 0 spiro atoms. The Morgan fingerprint density at radius 3 is 2.94 bits per heavy atom. The second kappa shape index (κ2) is 9.49. The third-order valence-corrected chi connectivity index (χ3v) is 6.35. The monoisotopic (exact) mass is 430 g/mol. The third-order valence-electron chi connectivity index (χ3n) is 6.35. The van der Waals surface area contributed by atoms with Gasteiger partial charge in [-0.25, -0.2) is 4.98 Å². The highest BCUT2D eigenvalue weighted by Crippen LogP contribution is 2.31. The van der Waals surface area contributed by atoms with Gasteiger partial charge in [-0.3, -0.25) is 4.90 Å². The van der Waals surface area contributed by atoms with Crippen LogP contribution in [0.4, 0.5) is 0 Å². The average Bonchev–Trinajstić information content (AvgIpc) is 3.50. The van der Waals surface area contributed by atoms with Gasteiger partial charge in [0.05, 0.1) is 13.7 Å². The molecule has 1 aliphatic rings. The number of rotatable bonds is 8. The third kappa shape index (κ3) is 4.50. The summed E-state index contributed by atoms with van der Waals surface area (Å²) in [6.45, 7) is 3.64. The Labute approximate surface area is 188 Å². The number of para-hydroxylation sites is 1. The van der Waals surface area contributed by atoms with Gasteiger partial charge in [-0.1, -0.05) is 24.3 Å². The van der Waals surface area contributed by atoms with Gasteiger partial charge in [0.15, 0.2) is 11.5 Å². The van der Waals surface area contributed by atoms with Crippen molar-refractivity contribution in [2.24, 2.45) is 0 Å². The normalized spacial score (nSPS) is 17.0. The summed E-state index contributed by atoms with van der Waals surface area (Å²) in [4.78, 5) is 13.6. The van der Waals surface area contributed by atoms with Crippen LogP contribution in [-0.4, -0.2) is 46.7 Å². The SMILES string of the molecule is COc1ccc(CN2CCCC(c3ncc[nH]3)C2)cc1OCCc1c[nH]c2ccccc12. The highest BCUT2D eigenvalue weighted by molar-refractivity contribution is 5.83. The molecule has 1 unspecified atom stereocenters. The summed E-state index contributed by atoms with van der Waals surface area (Å²) >= 11 is 0. The number of H-pyrrole nitrogens is 2. The van der Waals surface area contributed by atoms with Gasteiger partial charge in [0.25, 0.3) is 0 Å². The number of aromatic amines is 2. The van der Waals surface area contributed by atoms with E-state index in [0.717, 1.165) is 48.9 Å². The minimum atomic E-state index is 0.476. The number of hydrogen-bond acceptors (Lipinski definition) is 4. The number of nitrogens with one attached hydrogen (secondary N) is 2. The zero-order valence-corrected chi connectivity index (χ0v) is 18.5. The number of fused-ring (bicyclic) bond motifs is 1.